The van der Waals surface area contributed by atoms with Gasteiger partial charge in [-0.15, -0.1) is 0 Å². The van der Waals surface area contributed by atoms with Crippen LogP contribution in [0.2, 0.25) is 0 Å². The van der Waals surface area contributed by atoms with E-state index in [0.717, 1.165) is 33.9 Å². The van der Waals surface area contributed by atoms with Crippen LogP contribution in [0.4, 0.5) is 11.4 Å². The van der Waals surface area contributed by atoms with Gasteiger partial charge in [-0.1, -0.05) is 17.3 Å². The molecule has 0 saturated carbocycles. The first-order valence-corrected chi connectivity index (χ1v) is 6.54. The fourth-order valence-electron chi connectivity index (χ4n) is 2.03. The predicted molar refractivity (Wildman–Crippen MR) is 80.7 cm³/mol. The fourth-order valence-corrected chi connectivity index (χ4v) is 2.03. The largest absolute Gasteiger partial charge is 0.495 e. The number of hydrogen-bond donors (Lipinski definition) is 1. The van der Waals surface area contributed by atoms with E-state index >= 15 is 0 Å². The molecule has 0 fully saturated rings. The Hall–Kier alpha value is -2.82. The SMILES string of the molecule is COc1cncc(-c2cccc(Nc3conc3C)c2)c1. The standard InChI is InChI=1S/C16H15N3O2/c1-11-16(10-21-19-11)18-14-5-3-4-12(6-14)13-7-15(20-2)9-17-8-13/h3-10,18H,1-2H3. The molecule has 0 bridgehead atoms. The van der Waals surface area contributed by atoms with E-state index in [1.165, 1.54) is 0 Å². The number of anilines is 2. The van der Waals surface area contributed by atoms with Crippen molar-refractivity contribution in [3.05, 3.63) is 54.7 Å². The highest BCUT2D eigenvalue weighted by Gasteiger charge is 2.05. The molecule has 0 aliphatic rings. The quantitative estimate of drug-likeness (QED) is 0.788. The number of benzene rings is 1. The highest BCUT2D eigenvalue weighted by molar-refractivity contribution is 5.71. The van der Waals surface area contributed by atoms with Crippen molar-refractivity contribution in [3.8, 4) is 16.9 Å². The van der Waals surface area contributed by atoms with E-state index in [-0.39, 0.29) is 0 Å². The van der Waals surface area contributed by atoms with E-state index in [9.17, 15) is 0 Å². The van der Waals surface area contributed by atoms with Crippen LogP contribution in [0.25, 0.3) is 11.1 Å². The number of methoxy groups -OCH3 is 1. The summed E-state index contributed by atoms with van der Waals surface area (Å²) in [6.07, 6.45) is 5.09. The molecule has 0 aliphatic heterocycles. The number of nitrogens with one attached hydrogen (secondary N) is 1. The van der Waals surface area contributed by atoms with Crippen molar-refractivity contribution in [3.63, 3.8) is 0 Å². The highest BCUT2D eigenvalue weighted by atomic mass is 16.5. The number of aryl methyl sites for hydroxylation is 1. The van der Waals surface area contributed by atoms with Crippen LogP contribution in [0, 0.1) is 6.92 Å². The van der Waals surface area contributed by atoms with Crippen LogP contribution in [0.1, 0.15) is 5.69 Å². The molecule has 1 aromatic carbocycles. The maximum Gasteiger partial charge on any atom is 0.147 e. The minimum absolute atomic E-state index is 0.737. The second-order valence-electron chi connectivity index (χ2n) is 4.63. The molecular formula is C16H15N3O2. The smallest absolute Gasteiger partial charge is 0.147 e. The molecule has 2 aromatic heterocycles. The van der Waals surface area contributed by atoms with Gasteiger partial charge in [0.1, 0.15) is 23.4 Å². The number of nitrogens with zero attached hydrogens (tertiary/aromatic N) is 2. The third kappa shape index (κ3) is 2.86. The maximum atomic E-state index is 5.21. The van der Waals surface area contributed by atoms with Gasteiger partial charge in [-0.3, -0.25) is 4.98 Å². The number of rotatable bonds is 4. The lowest BCUT2D eigenvalue weighted by atomic mass is 10.1. The molecule has 0 atom stereocenters. The Labute approximate surface area is 122 Å². The third-order valence-electron chi connectivity index (χ3n) is 3.17. The van der Waals surface area contributed by atoms with Crippen molar-refractivity contribution in [1.82, 2.24) is 10.1 Å². The van der Waals surface area contributed by atoms with E-state index in [1.807, 2.05) is 43.5 Å². The van der Waals surface area contributed by atoms with Gasteiger partial charge in [0.25, 0.3) is 0 Å². The van der Waals surface area contributed by atoms with Gasteiger partial charge < -0.3 is 14.6 Å². The molecule has 106 valence electrons. The van der Waals surface area contributed by atoms with Crippen LogP contribution in [0.5, 0.6) is 5.75 Å². The van der Waals surface area contributed by atoms with Gasteiger partial charge in [-0.2, -0.15) is 0 Å². The molecule has 0 saturated heterocycles. The van der Waals surface area contributed by atoms with Gasteiger partial charge in [0, 0.05) is 17.4 Å². The Bertz CT molecular complexity index is 753. The average molecular weight is 281 g/mol. The second-order valence-corrected chi connectivity index (χ2v) is 4.63. The fraction of sp³-hybridized carbons (Fsp3) is 0.125. The summed E-state index contributed by atoms with van der Waals surface area (Å²) in [7, 11) is 1.63. The minimum atomic E-state index is 0.737. The van der Waals surface area contributed by atoms with Gasteiger partial charge in [-0.05, 0) is 30.7 Å². The van der Waals surface area contributed by atoms with E-state index in [1.54, 1.807) is 19.6 Å². The number of hydrogen-bond acceptors (Lipinski definition) is 5. The third-order valence-corrected chi connectivity index (χ3v) is 3.17. The van der Waals surface area contributed by atoms with Crippen LogP contribution in [-0.2, 0) is 0 Å². The van der Waals surface area contributed by atoms with Crippen LogP contribution < -0.4 is 10.1 Å². The molecule has 2 heterocycles. The Morgan fingerprint density at radius 3 is 2.81 bits per heavy atom. The topological polar surface area (TPSA) is 60.2 Å². The predicted octanol–water partition coefficient (Wildman–Crippen LogP) is 3.80. The lowest BCUT2D eigenvalue weighted by Gasteiger charge is -2.08. The zero-order valence-electron chi connectivity index (χ0n) is 11.8. The summed E-state index contributed by atoms with van der Waals surface area (Å²) in [5, 5.41) is 7.14. The van der Waals surface area contributed by atoms with Crippen LogP contribution in [0.3, 0.4) is 0 Å². The summed E-state index contributed by atoms with van der Waals surface area (Å²) in [6, 6.07) is 10.0. The molecule has 3 aromatic rings. The molecule has 0 radical (unpaired) electrons. The minimum Gasteiger partial charge on any atom is -0.495 e. The van der Waals surface area contributed by atoms with Crippen molar-refractivity contribution >= 4 is 11.4 Å². The Kier molecular flexibility index (Phi) is 3.55. The second kappa shape index (κ2) is 5.66. The van der Waals surface area contributed by atoms with Gasteiger partial charge in [0.05, 0.1) is 13.3 Å². The summed E-state index contributed by atoms with van der Waals surface area (Å²) >= 11 is 0. The van der Waals surface area contributed by atoms with Crippen LogP contribution in [-0.4, -0.2) is 17.3 Å². The number of ether oxygens (including phenoxy) is 1. The average Bonchev–Trinajstić information content (AvgIpc) is 2.93. The first-order chi connectivity index (χ1) is 10.3. The van der Waals surface area contributed by atoms with E-state index in [0.29, 0.717) is 0 Å². The summed E-state index contributed by atoms with van der Waals surface area (Å²) in [5.74, 6) is 0.737. The molecule has 5 nitrogen and oxygen atoms in total. The van der Waals surface area contributed by atoms with Gasteiger partial charge in [0.2, 0.25) is 0 Å². The lowest BCUT2D eigenvalue weighted by molar-refractivity contribution is 0.413. The zero-order chi connectivity index (χ0) is 14.7. The first kappa shape index (κ1) is 13.2. The Morgan fingerprint density at radius 2 is 2.05 bits per heavy atom. The Morgan fingerprint density at radius 1 is 1.14 bits per heavy atom. The van der Waals surface area contributed by atoms with E-state index < -0.39 is 0 Å². The maximum absolute atomic E-state index is 5.21. The van der Waals surface area contributed by atoms with Crippen molar-refractivity contribution in [2.24, 2.45) is 0 Å². The molecule has 3 rings (SSSR count). The molecule has 0 amide bonds. The summed E-state index contributed by atoms with van der Waals surface area (Å²) < 4.78 is 10.1. The van der Waals surface area contributed by atoms with Crippen molar-refractivity contribution in [2.75, 3.05) is 12.4 Å². The lowest BCUT2D eigenvalue weighted by Crippen LogP contribution is -1.91. The van der Waals surface area contributed by atoms with E-state index in [2.05, 4.69) is 15.5 Å². The van der Waals surface area contributed by atoms with Crippen LogP contribution in [0.15, 0.2) is 53.5 Å². The summed E-state index contributed by atoms with van der Waals surface area (Å²) in [4.78, 5) is 4.18. The van der Waals surface area contributed by atoms with Crippen LogP contribution >= 0.6 is 0 Å². The molecule has 0 aliphatic carbocycles. The monoisotopic (exact) mass is 281 g/mol. The Balaban J connectivity index is 1.90. The number of aromatic nitrogens is 2. The number of pyridine rings is 1. The van der Waals surface area contributed by atoms with Gasteiger partial charge in [0.15, 0.2) is 0 Å². The summed E-state index contributed by atoms with van der Waals surface area (Å²) in [6.45, 7) is 1.89. The highest BCUT2D eigenvalue weighted by Crippen LogP contribution is 2.27. The molecule has 1 N–H and O–H groups in total. The zero-order valence-corrected chi connectivity index (χ0v) is 11.8. The normalized spacial score (nSPS) is 10.4. The molecule has 5 heteroatoms. The molecule has 0 spiro atoms. The molecule has 21 heavy (non-hydrogen) atoms. The first-order valence-electron chi connectivity index (χ1n) is 6.54. The molecule has 0 unspecified atom stereocenters. The molecular weight excluding hydrogens is 266 g/mol. The van der Waals surface area contributed by atoms with Gasteiger partial charge >= 0.3 is 0 Å². The summed E-state index contributed by atoms with van der Waals surface area (Å²) in [5.41, 5.74) is 4.70. The van der Waals surface area contributed by atoms with Gasteiger partial charge in [-0.25, -0.2) is 0 Å². The van der Waals surface area contributed by atoms with Crippen molar-refractivity contribution < 1.29 is 9.26 Å². The van der Waals surface area contributed by atoms with Crippen molar-refractivity contribution in [1.29, 1.82) is 0 Å². The van der Waals surface area contributed by atoms with E-state index in [4.69, 9.17) is 9.26 Å². The van der Waals surface area contributed by atoms with Crippen molar-refractivity contribution in [2.45, 2.75) is 6.92 Å².